The van der Waals surface area contributed by atoms with Crippen molar-refractivity contribution < 1.29 is 19.8 Å². The third kappa shape index (κ3) is 4.72. The number of urea groups is 1. The molecule has 1 aromatic rings. The average Bonchev–Trinajstić information content (AvgIpc) is 2.33. The number of rotatable bonds is 5. The van der Waals surface area contributed by atoms with Gasteiger partial charge >= 0.3 is 12.0 Å². The molecule has 7 heteroatoms. The first kappa shape index (κ1) is 14.5. The largest absolute Gasteiger partial charge is 0.480 e. The summed E-state index contributed by atoms with van der Waals surface area (Å²) in [5.41, 5.74) is 0.871. The van der Waals surface area contributed by atoms with Gasteiger partial charge in [0.2, 0.25) is 0 Å². The Balaban J connectivity index is 2.44. The van der Waals surface area contributed by atoms with Gasteiger partial charge in [-0.1, -0.05) is 28.1 Å². The van der Waals surface area contributed by atoms with Crippen molar-refractivity contribution in [2.75, 3.05) is 6.61 Å². The fourth-order valence-corrected chi connectivity index (χ4v) is 1.67. The van der Waals surface area contributed by atoms with E-state index in [1.165, 1.54) is 0 Å². The first-order valence-corrected chi connectivity index (χ1v) is 5.94. The van der Waals surface area contributed by atoms with Crippen LogP contribution in [0.1, 0.15) is 5.56 Å². The fraction of sp³-hybridized carbons (Fsp3) is 0.273. The molecule has 4 N–H and O–H groups in total. The number of hydrogen-bond acceptors (Lipinski definition) is 3. The molecule has 0 aliphatic carbocycles. The van der Waals surface area contributed by atoms with Crippen LogP contribution in [0.3, 0.4) is 0 Å². The number of nitrogens with one attached hydrogen (secondary N) is 2. The second-order valence-electron chi connectivity index (χ2n) is 3.53. The van der Waals surface area contributed by atoms with E-state index in [1.54, 1.807) is 0 Å². The predicted octanol–water partition coefficient (Wildman–Crippen LogP) is 0.694. The summed E-state index contributed by atoms with van der Waals surface area (Å²) in [6.45, 7) is -0.386. The topological polar surface area (TPSA) is 98.7 Å². The SMILES string of the molecule is O=C(NCc1cccc(Br)c1)NC(CO)C(=O)O. The maximum atomic E-state index is 11.4. The molecule has 0 saturated heterocycles. The van der Waals surface area contributed by atoms with E-state index >= 15 is 0 Å². The summed E-state index contributed by atoms with van der Waals surface area (Å²) in [4.78, 5) is 21.9. The van der Waals surface area contributed by atoms with Crippen molar-refractivity contribution in [1.82, 2.24) is 10.6 Å². The number of benzene rings is 1. The highest BCUT2D eigenvalue weighted by Crippen LogP contribution is 2.11. The Morgan fingerprint density at radius 3 is 2.67 bits per heavy atom. The van der Waals surface area contributed by atoms with E-state index in [0.29, 0.717) is 0 Å². The maximum absolute atomic E-state index is 11.4. The van der Waals surface area contributed by atoms with E-state index in [4.69, 9.17) is 10.2 Å². The molecule has 98 valence electrons. The van der Waals surface area contributed by atoms with Crippen molar-refractivity contribution in [3.63, 3.8) is 0 Å². The lowest BCUT2D eigenvalue weighted by atomic mass is 10.2. The zero-order valence-electron chi connectivity index (χ0n) is 9.39. The fourth-order valence-electron chi connectivity index (χ4n) is 1.22. The molecule has 0 aliphatic rings. The van der Waals surface area contributed by atoms with Gasteiger partial charge in [-0.15, -0.1) is 0 Å². The normalized spacial score (nSPS) is 11.7. The van der Waals surface area contributed by atoms with Crippen molar-refractivity contribution in [3.8, 4) is 0 Å². The Bertz CT molecular complexity index is 439. The molecule has 2 amide bonds. The van der Waals surface area contributed by atoms with Crippen LogP contribution < -0.4 is 10.6 Å². The second-order valence-corrected chi connectivity index (χ2v) is 4.45. The molecule has 1 unspecified atom stereocenters. The molecule has 0 fully saturated rings. The minimum absolute atomic E-state index is 0.267. The highest BCUT2D eigenvalue weighted by atomic mass is 79.9. The van der Waals surface area contributed by atoms with Gasteiger partial charge in [-0.05, 0) is 17.7 Å². The molecule has 0 aliphatic heterocycles. The highest BCUT2D eigenvalue weighted by molar-refractivity contribution is 9.10. The number of aliphatic hydroxyl groups is 1. The van der Waals surface area contributed by atoms with Gasteiger partial charge in [-0.2, -0.15) is 0 Å². The molecule has 6 nitrogen and oxygen atoms in total. The van der Waals surface area contributed by atoms with Gasteiger partial charge in [-0.25, -0.2) is 9.59 Å². The molecule has 0 saturated carbocycles. The molecule has 0 bridgehead atoms. The zero-order valence-corrected chi connectivity index (χ0v) is 11.0. The van der Waals surface area contributed by atoms with Gasteiger partial charge < -0.3 is 20.8 Å². The lowest BCUT2D eigenvalue weighted by molar-refractivity contribution is -0.140. The Labute approximate surface area is 112 Å². The van der Waals surface area contributed by atoms with Gasteiger partial charge in [0.15, 0.2) is 6.04 Å². The maximum Gasteiger partial charge on any atom is 0.328 e. The molecular weight excluding hydrogens is 304 g/mol. The zero-order chi connectivity index (χ0) is 13.5. The van der Waals surface area contributed by atoms with Crippen LogP contribution in [-0.2, 0) is 11.3 Å². The van der Waals surface area contributed by atoms with Crippen LogP contribution in [0.5, 0.6) is 0 Å². The first-order valence-electron chi connectivity index (χ1n) is 5.15. The van der Waals surface area contributed by atoms with Gasteiger partial charge in [0.25, 0.3) is 0 Å². The third-order valence-electron chi connectivity index (χ3n) is 2.13. The summed E-state index contributed by atoms with van der Waals surface area (Å²) in [7, 11) is 0. The highest BCUT2D eigenvalue weighted by Gasteiger charge is 2.18. The van der Waals surface area contributed by atoms with Crippen molar-refractivity contribution in [2.24, 2.45) is 0 Å². The summed E-state index contributed by atoms with van der Waals surface area (Å²) in [5.74, 6) is -1.28. The van der Waals surface area contributed by atoms with Crippen molar-refractivity contribution in [1.29, 1.82) is 0 Å². The minimum Gasteiger partial charge on any atom is -0.480 e. The number of aliphatic carboxylic acids is 1. The molecule has 1 atom stereocenters. The minimum atomic E-state index is -1.30. The Kier molecular flexibility index (Phi) is 5.60. The molecule has 0 spiro atoms. The lowest BCUT2D eigenvalue weighted by Crippen LogP contribution is -2.47. The van der Waals surface area contributed by atoms with E-state index in [9.17, 15) is 9.59 Å². The van der Waals surface area contributed by atoms with Gasteiger partial charge in [0.1, 0.15) is 0 Å². The van der Waals surface area contributed by atoms with Crippen LogP contribution in [0.2, 0.25) is 0 Å². The summed E-state index contributed by atoms with van der Waals surface area (Å²) in [6, 6.07) is 5.40. The molecular formula is C11H13BrN2O4. The van der Waals surface area contributed by atoms with Crippen LogP contribution in [-0.4, -0.2) is 34.9 Å². The van der Waals surface area contributed by atoms with Crippen molar-refractivity contribution >= 4 is 27.9 Å². The molecule has 0 radical (unpaired) electrons. The summed E-state index contributed by atoms with van der Waals surface area (Å²) >= 11 is 3.30. The number of hydrogen-bond donors (Lipinski definition) is 4. The molecule has 0 heterocycles. The van der Waals surface area contributed by atoms with Crippen LogP contribution in [0.25, 0.3) is 0 Å². The Morgan fingerprint density at radius 1 is 1.39 bits per heavy atom. The van der Waals surface area contributed by atoms with Crippen molar-refractivity contribution in [3.05, 3.63) is 34.3 Å². The molecule has 18 heavy (non-hydrogen) atoms. The molecule has 1 rings (SSSR count). The molecule has 1 aromatic carbocycles. The van der Waals surface area contributed by atoms with Crippen molar-refractivity contribution in [2.45, 2.75) is 12.6 Å². The number of aliphatic hydroxyl groups excluding tert-OH is 1. The third-order valence-corrected chi connectivity index (χ3v) is 2.62. The van der Waals surface area contributed by atoms with E-state index in [1.807, 2.05) is 24.3 Å². The van der Waals surface area contributed by atoms with Crippen LogP contribution in [0, 0.1) is 0 Å². The van der Waals surface area contributed by atoms with Gasteiger partial charge in [0, 0.05) is 11.0 Å². The van der Waals surface area contributed by atoms with Crippen LogP contribution >= 0.6 is 15.9 Å². The first-order chi connectivity index (χ1) is 8.52. The number of carboxylic acids is 1. The Hall–Kier alpha value is -1.60. The summed E-state index contributed by atoms with van der Waals surface area (Å²) in [6.07, 6.45) is 0. The van der Waals surface area contributed by atoms with E-state index in [-0.39, 0.29) is 6.54 Å². The standard InChI is InChI=1S/C11H13BrN2O4/c12-8-3-1-2-7(4-8)5-13-11(18)14-9(6-15)10(16)17/h1-4,9,15H,5-6H2,(H,16,17)(H2,13,14,18). The van der Waals surface area contributed by atoms with E-state index in [0.717, 1.165) is 10.0 Å². The van der Waals surface area contributed by atoms with E-state index < -0.39 is 24.6 Å². The average molecular weight is 317 g/mol. The molecule has 0 aromatic heterocycles. The predicted molar refractivity (Wildman–Crippen MR) is 68.0 cm³/mol. The number of carboxylic acid groups (broad SMARTS) is 1. The van der Waals surface area contributed by atoms with Gasteiger partial charge in [0.05, 0.1) is 6.61 Å². The smallest absolute Gasteiger partial charge is 0.328 e. The lowest BCUT2D eigenvalue weighted by Gasteiger charge is -2.12. The number of amides is 2. The number of halogens is 1. The summed E-state index contributed by atoms with van der Waals surface area (Å²) < 4.78 is 0.890. The summed E-state index contributed by atoms with van der Waals surface area (Å²) in [5, 5.41) is 22.0. The monoisotopic (exact) mass is 316 g/mol. The Morgan fingerprint density at radius 2 is 2.11 bits per heavy atom. The van der Waals surface area contributed by atoms with Crippen LogP contribution in [0.4, 0.5) is 4.79 Å². The van der Waals surface area contributed by atoms with Gasteiger partial charge in [-0.3, -0.25) is 0 Å². The van der Waals surface area contributed by atoms with E-state index in [2.05, 4.69) is 26.6 Å². The van der Waals surface area contributed by atoms with Crippen LogP contribution in [0.15, 0.2) is 28.7 Å². The number of carbonyl (C=O) groups is 2. The quantitative estimate of drug-likeness (QED) is 0.642. The number of carbonyl (C=O) groups excluding carboxylic acids is 1. The second kappa shape index (κ2) is 6.97.